The zero-order valence-electron chi connectivity index (χ0n) is 19.6. The summed E-state index contributed by atoms with van der Waals surface area (Å²) in [6.07, 6.45) is 14.7. The van der Waals surface area contributed by atoms with Gasteiger partial charge in [0.15, 0.2) is 5.43 Å². The van der Waals surface area contributed by atoms with Crippen LogP contribution in [0.4, 0.5) is 11.4 Å². The minimum atomic E-state index is 0.0143. The van der Waals surface area contributed by atoms with Crippen LogP contribution in [0.25, 0.3) is 10.9 Å². The molecule has 0 saturated heterocycles. The highest BCUT2D eigenvalue weighted by Crippen LogP contribution is 2.46. The molecule has 1 aromatic heterocycles. The Morgan fingerprint density at radius 3 is 2.65 bits per heavy atom. The molecule has 3 N–H and O–H groups in total. The molecular weight excluding hydrogens is 384 g/mol. The summed E-state index contributed by atoms with van der Waals surface area (Å²) in [6, 6.07) is 1.70. The van der Waals surface area contributed by atoms with Gasteiger partial charge in [0, 0.05) is 42.3 Å². The van der Waals surface area contributed by atoms with Gasteiger partial charge in [-0.15, -0.1) is 0 Å². The first kappa shape index (κ1) is 23.0. The first-order valence-electron chi connectivity index (χ1n) is 11.6. The van der Waals surface area contributed by atoms with E-state index in [1.54, 1.807) is 6.07 Å². The fourth-order valence-corrected chi connectivity index (χ4v) is 5.10. The number of anilines is 2. The van der Waals surface area contributed by atoms with Crippen LogP contribution in [0.5, 0.6) is 0 Å². The topological polar surface area (TPSA) is 63.3 Å². The lowest BCUT2D eigenvalue weighted by Crippen LogP contribution is -2.41. The van der Waals surface area contributed by atoms with Gasteiger partial charge in [-0.3, -0.25) is 4.79 Å². The third kappa shape index (κ3) is 4.23. The average molecular weight is 423 g/mol. The van der Waals surface area contributed by atoms with Crippen LogP contribution in [-0.2, 0) is 5.54 Å². The predicted molar refractivity (Wildman–Crippen MR) is 134 cm³/mol. The molecule has 0 spiro atoms. The SMILES string of the molecule is C=CN(/C=C\C)CCCNc1c(C)c(N)c2c(=O)ccn(C3(CCC)CCC3)c2c1C. The monoisotopic (exact) mass is 422 g/mol. The second kappa shape index (κ2) is 9.63. The third-order valence-electron chi connectivity index (χ3n) is 6.86. The van der Waals surface area contributed by atoms with Gasteiger partial charge in [-0.2, -0.15) is 0 Å². The number of aryl methyl sites for hydroxylation is 1. The minimum absolute atomic E-state index is 0.0143. The van der Waals surface area contributed by atoms with Crippen LogP contribution < -0.4 is 16.5 Å². The Labute approximate surface area is 186 Å². The Morgan fingerprint density at radius 2 is 2.06 bits per heavy atom. The first-order valence-corrected chi connectivity index (χ1v) is 11.6. The van der Waals surface area contributed by atoms with Crippen molar-refractivity contribution in [2.24, 2.45) is 0 Å². The van der Waals surface area contributed by atoms with E-state index >= 15 is 0 Å². The van der Waals surface area contributed by atoms with Crippen LogP contribution in [0.1, 0.15) is 63.5 Å². The number of benzene rings is 1. The number of fused-ring (bicyclic) bond motifs is 1. The number of hydrogen-bond donors (Lipinski definition) is 2. The lowest BCUT2D eigenvalue weighted by atomic mass is 9.73. The number of rotatable bonds is 10. The van der Waals surface area contributed by atoms with Crippen LogP contribution in [0.15, 0.2) is 42.1 Å². The van der Waals surface area contributed by atoms with Gasteiger partial charge in [-0.25, -0.2) is 0 Å². The van der Waals surface area contributed by atoms with Gasteiger partial charge in [0.05, 0.1) is 10.9 Å². The van der Waals surface area contributed by atoms with Gasteiger partial charge >= 0.3 is 0 Å². The molecule has 1 aliphatic rings. The molecule has 1 aliphatic carbocycles. The fourth-order valence-electron chi connectivity index (χ4n) is 5.10. The molecule has 2 aromatic rings. The van der Waals surface area contributed by atoms with Crippen LogP contribution in [0.2, 0.25) is 0 Å². The maximum absolute atomic E-state index is 12.9. The average Bonchev–Trinajstić information content (AvgIpc) is 2.73. The first-order chi connectivity index (χ1) is 14.9. The summed E-state index contributed by atoms with van der Waals surface area (Å²) in [4.78, 5) is 14.9. The largest absolute Gasteiger partial charge is 0.398 e. The molecule has 1 heterocycles. The van der Waals surface area contributed by atoms with E-state index in [-0.39, 0.29) is 11.0 Å². The molecule has 3 rings (SSSR count). The molecular formula is C26H38N4O. The second-order valence-electron chi connectivity index (χ2n) is 8.82. The minimum Gasteiger partial charge on any atom is -0.398 e. The molecule has 1 fully saturated rings. The van der Waals surface area contributed by atoms with E-state index in [4.69, 9.17) is 5.73 Å². The molecule has 168 valence electrons. The molecule has 5 nitrogen and oxygen atoms in total. The summed E-state index contributed by atoms with van der Waals surface area (Å²) in [7, 11) is 0. The zero-order chi connectivity index (χ0) is 22.6. The molecule has 0 atom stereocenters. The van der Waals surface area contributed by atoms with Gasteiger partial charge in [-0.1, -0.05) is 26.0 Å². The third-order valence-corrected chi connectivity index (χ3v) is 6.86. The van der Waals surface area contributed by atoms with Gasteiger partial charge in [0.25, 0.3) is 0 Å². The summed E-state index contributed by atoms with van der Waals surface area (Å²) in [5, 5.41) is 4.30. The van der Waals surface area contributed by atoms with E-state index in [9.17, 15) is 4.79 Å². The van der Waals surface area contributed by atoms with E-state index in [0.29, 0.717) is 11.1 Å². The Morgan fingerprint density at radius 1 is 1.32 bits per heavy atom. The van der Waals surface area contributed by atoms with Crippen molar-refractivity contribution < 1.29 is 0 Å². The van der Waals surface area contributed by atoms with E-state index in [0.717, 1.165) is 67.5 Å². The molecule has 0 unspecified atom stereocenters. The number of nitrogens with one attached hydrogen (secondary N) is 1. The number of aromatic nitrogens is 1. The number of nitrogen functional groups attached to an aromatic ring is 1. The molecule has 0 amide bonds. The Kier molecular flexibility index (Phi) is 7.14. The summed E-state index contributed by atoms with van der Waals surface area (Å²) >= 11 is 0. The van der Waals surface area contributed by atoms with Crippen LogP contribution in [0.3, 0.4) is 0 Å². The van der Waals surface area contributed by atoms with Crippen molar-refractivity contribution in [2.45, 2.75) is 71.8 Å². The highest BCUT2D eigenvalue weighted by Gasteiger charge is 2.38. The maximum atomic E-state index is 12.9. The van der Waals surface area contributed by atoms with E-state index in [2.05, 4.69) is 35.2 Å². The van der Waals surface area contributed by atoms with Gasteiger partial charge in [0.2, 0.25) is 0 Å². The molecule has 31 heavy (non-hydrogen) atoms. The summed E-state index contributed by atoms with van der Waals surface area (Å²) < 4.78 is 2.37. The lowest BCUT2D eigenvalue weighted by Gasteiger charge is -2.45. The predicted octanol–water partition coefficient (Wildman–Crippen LogP) is 5.66. The smallest absolute Gasteiger partial charge is 0.191 e. The standard InChI is InChI=1S/C26H38N4O/c1-6-12-26(13-9-14-26)30-18-11-21(31)22-23(27)19(4)24(20(5)25(22)30)28-15-10-17-29(8-3)16-7-2/h7-8,11,16,18,28H,3,6,9-10,12-15,17,27H2,1-2,4-5H3/b16-7-. The second-order valence-corrected chi connectivity index (χ2v) is 8.82. The van der Waals surface area contributed by atoms with Crippen LogP contribution in [-0.4, -0.2) is 22.6 Å². The molecule has 5 heteroatoms. The summed E-state index contributed by atoms with van der Waals surface area (Å²) in [5.74, 6) is 0. The fraction of sp³-hybridized carbons (Fsp3) is 0.500. The van der Waals surface area contributed by atoms with Gasteiger partial charge in [0.1, 0.15) is 0 Å². The number of allylic oxidation sites excluding steroid dienone is 1. The maximum Gasteiger partial charge on any atom is 0.191 e. The van der Waals surface area contributed by atoms with Crippen molar-refractivity contribution in [1.29, 1.82) is 0 Å². The van der Waals surface area contributed by atoms with E-state index < -0.39 is 0 Å². The van der Waals surface area contributed by atoms with Gasteiger partial charge < -0.3 is 20.5 Å². The molecule has 1 saturated carbocycles. The van der Waals surface area contributed by atoms with Crippen molar-refractivity contribution in [2.75, 3.05) is 24.1 Å². The van der Waals surface area contributed by atoms with Crippen molar-refractivity contribution in [3.8, 4) is 0 Å². The van der Waals surface area contributed by atoms with Gasteiger partial charge in [-0.05, 0) is 76.4 Å². The number of pyridine rings is 1. The Hall–Kier alpha value is -2.69. The summed E-state index contributed by atoms with van der Waals surface area (Å²) in [5.41, 5.74) is 11.5. The highest BCUT2D eigenvalue weighted by atomic mass is 16.1. The van der Waals surface area contributed by atoms with Crippen LogP contribution >= 0.6 is 0 Å². The number of hydrogen-bond acceptors (Lipinski definition) is 4. The van der Waals surface area contributed by atoms with Crippen molar-refractivity contribution in [3.63, 3.8) is 0 Å². The van der Waals surface area contributed by atoms with Crippen molar-refractivity contribution in [1.82, 2.24) is 9.47 Å². The molecule has 1 aromatic carbocycles. The molecule has 0 radical (unpaired) electrons. The normalized spacial score (nSPS) is 15.2. The highest BCUT2D eigenvalue weighted by molar-refractivity contribution is 5.99. The van der Waals surface area contributed by atoms with E-state index in [1.165, 1.54) is 6.42 Å². The zero-order valence-corrected chi connectivity index (χ0v) is 19.6. The Balaban J connectivity index is 2.01. The lowest BCUT2D eigenvalue weighted by molar-refractivity contribution is 0.133. The summed E-state index contributed by atoms with van der Waals surface area (Å²) in [6.45, 7) is 14.0. The number of nitrogens with two attached hydrogens (primary N) is 1. The van der Waals surface area contributed by atoms with Crippen molar-refractivity contribution in [3.05, 3.63) is 58.7 Å². The van der Waals surface area contributed by atoms with Crippen LogP contribution in [0, 0.1) is 13.8 Å². The van der Waals surface area contributed by atoms with Crippen molar-refractivity contribution >= 4 is 22.3 Å². The van der Waals surface area contributed by atoms with E-state index in [1.807, 2.05) is 38.5 Å². The molecule has 0 aliphatic heterocycles. The number of nitrogens with zero attached hydrogens (tertiary/aromatic N) is 2. The quantitative estimate of drug-likeness (QED) is 0.383. The molecule has 0 bridgehead atoms. The Bertz CT molecular complexity index is 1030.